The number of nitrogen functional groups attached to an aromatic ring is 1. The molecule has 4 N–H and O–H groups in total. The third-order valence-corrected chi connectivity index (χ3v) is 4.94. The third-order valence-electron chi connectivity index (χ3n) is 3.61. The van der Waals surface area contributed by atoms with Crippen LogP contribution in [0.3, 0.4) is 0 Å². The first-order valence-electron chi connectivity index (χ1n) is 7.94. The molecule has 0 fully saturated rings. The van der Waals surface area contributed by atoms with Gasteiger partial charge in [0.15, 0.2) is 0 Å². The Labute approximate surface area is 160 Å². The second kappa shape index (κ2) is 8.68. The van der Waals surface area contributed by atoms with E-state index in [2.05, 4.69) is 5.32 Å². The first kappa shape index (κ1) is 18.9. The maximum atomic E-state index is 12.2. The summed E-state index contributed by atoms with van der Waals surface area (Å²) in [6, 6.07) is 16.0. The molecule has 3 rings (SSSR count). The molecule has 1 atom stereocenters. The Hall–Kier alpha value is -2.86. The maximum Gasteiger partial charge on any atom is 0.365 e. The van der Waals surface area contributed by atoms with Crippen LogP contribution in [0.25, 0.3) is 16.5 Å². The van der Waals surface area contributed by atoms with Crippen LogP contribution in [0, 0.1) is 0 Å². The Bertz CT molecular complexity index is 1000. The van der Waals surface area contributed by atoms with E-state index in [1.807, 2.05) is 29.6 Å². The van der Waals surface area contributed by atoms with E-state index in [1.165, 1.54) is 6.08 Å². The molecule has 0 bridgehead atoms. The average molecular weight is 400 g/mol. The van der Waals surface area contributed by atoms with E-state index in [4.69, 9.17) is 15.2 Å². The van der Waals surface area contributed by atoms with Gasteiger partial charge in [-0.15, -0.1) is 11.3 Å². The molecule has 8 heteroatoms. The standard InChI is InChI=1S/C19H17N2O4PS/c20-16-8-7-14(18-5-2-10-27-18)12-17(16)21-19(22)9-6-13-3-1-4-15(11-13)25-26(23)24/h1-12,26H,20H2,(H,21,22)(H,23,24)/b9-6+. The number of carbonyl (C=O) groups is 1. The highest BCUT2D eigenvalue weighted by atomic mass is 32.1. The molecular formula is C19H17N2O4PS. The molecule has 0 saturated heterocycles. The Balaban J connectivity index is 1.71. The number of benzene rings is 2. The summed E-state index contributed by atoms with van der Waals surface area (Å²) in [5, 5.41) is 4.75. The summed E-state index contributed by atoms with van der Waals surface area (Å²) in [5.41, 5.74) is 8.60. The number of anilines is 2. The van der Waals surface area contributed by atoms with Crippen LogP contribution in [0.15, 0.2) is 66.1 Å². The smallest absolute Gasteiger partial charge is 0.365 e. The summed E-state index contributed by atoms with van der Waals surface area (Å²) in [6.45, 7) is 0. The van der Waals surface area contributed by atoms with Gasteiger partial charge in [-0.3, -0.25) is 4.79 Å². The minimum Gasteiger partial charge on any atom is -0.426 e. The summed E-state index contributed by atoms with van der Waals surface area (Å²) in [4.78, 5) is 22.1. The Morgan fingerprint density at radius 2 is 2.04 bits per heavy atom. The molecule has 1 heterocycles. The van der Waals surface area contributed by atoms with E-state index in [0.717, 1.165) is 10.4 Å². The van der Waals surface area contributed by atoms with Crippen molar-refractivity contribution < 1.29 is 18.8 Å². The van der Waals surface area contributed by atoms with Crippen molar-refractivity contribution >= 4 is 42.9 Å². The molecule has 138 valence electrons. The summed E-state index contributed by atoms with van der Waals surface area (Å²) in [6.07, 6.45) is 2.94. The van der Waals surface area contributed by atoms with Crippen molar-refractivity contribution in [2.75, 3.05) is 11.1 Å². The van der Waals surface area contributed by atoms with E-state index in [-0.39, 0.29) is 11.7 Å². The van der Waals surface area contributed by atoms with Gasteiger partial charge in [0.05, 0.1) is 11.4 Å². The highest BCUT2D eigenvalue weighted by Crippen LogP contribution is 2.30. The Kier molecular flexibility index (Phi) is 6.08. The lowest BCUT2D eigenvalue weighted by Crippen LogP contribution is -2.09. The topological polar surface area (TPSA) is 102 Å². The molecule has 0 aliphatic heterocycles. The SMILES string of the molecule is Nc1ccc(-c2cccs2)cc1NC(=O)/C=C/c1cccc(O[PH](=O)O)c1. The van der Waals surface area contributed by atoms with Crippen molar-refractivity contribution in [2.45, 2.75) is 0 Å². The molecule has 3 aromatic rings. The number of carbonyl (C=O) groups excluding carboxylic acids is 1. The van der Waals surface area contributed by atoms with Gasteiger partial charge < -0.3 is 20.5 Å². The predicted octanol–water partition coefficient (Wildman–Crippen LogP) is 4.41. The summed E-state index contributed by atoms with van der Waals surface area (Å²) < 4.78 is 15.5. The second-order valence-electron chi connectivity index (χ2n) is 5.54. The van der Waals surface area contributed by atoms with Crippen LogP contribution >= 0.6 is 19.6 Å². The van der Waals surface area contributed by atoms with Crippen LogP contribution < -0.4 is 15.6 Å². The van der Waals surface area contributed by atoms with E-state index in [1.54, 1.807) is 47.7 Å². The van der Waals surface area contributed by atoms with Crippen LogP contribution in [0.4, 0.5) is 11.4 Å². The van der Waals surface area contributed by atoms with Crippen LogP contribution in [0.2, 0.25) is 0 Å². The predicted molar refractivity (Wildman–Crippen MR) is 110 cm³/mol. The van der Waals surface area contributed by atoms with Crippen molar-refractivity contribution in [3.63, 3.8) is 0 Å². The lowest BCUT2D eigenvalue weighted by atomic mass is 10.1. The highest BCUT2D eigenvalue weighted by Gasteiger charge is 2.06. The number of amides is 1. The monoisotopic (exact) mass is 400 g/mol. The van der Waals surface area contributed by atoms with Gasteiger partial charge in [0.2, 0.25) is 5.91 Å². The molecule has 0 aliphatic carbocycles. The van der Waals surface area contributed by atoms with Crippen molar-refractivity contribution in [3.8, 4) is 16.2 Å². The van der Waals surface area contributed by atoms with Gasteiger partial charge >= 0.3 is 8.25 Å². The normalized spacial score (nSPS) is 12.0. The van der Waals surface area contributed by atoms with Crippen molar-refractivity contribution in [1.29, 1.82) is 0 Å². The lowest BCUT2D eigenvalue weighted by molar-refractivity contribution is -0.111. The van der Waals surface area contributed by atoms with Crippen LogP contribution in [0.5, 0.6) is 5.75 Å². The van der Waals surface area contributed by atoms with Gasteiger partial charge in [0, 0.05) is 11.0 Å². The molecule has 0 saturated carbocycles. The zero-order valence-electron chi connectivity index (χ0n) is 14.1. The molecule has 0 radical (unpaired) electrons. The molecule has 0 aliphatic rings. The van der Waals surface area contributed by atoms with Gasteiger partial charge in [-0.2, -0.15) is 0 Å². The Morgan fingerprint density at radius 3 is 2.78 bits per heavy atom. The number of nitrogens with two attached hydrogens (primary N) is 1. The third kappa shape index (κ3) is 5.31. The minimum atomic E-state index is -3.07. The van der Waals surface area contributed by atoms with Gasteiger partial charge in [0.25, 0.3) is 0 Å². The van der Waals surface area contributed by atoms with Crippen LogP contribution in [0.1, 0.15) is 5.56 Å². The van der Waals surface area contributed by atoms with E-state index < -0.39 is 8.25 Å². The number of rotatable bonds is 6. The number of hydrogen-bond acceptors (Lipinski definition) is 5. The van der Waals surface area contributed by atoms with Gasteiger partial charge in [0.1, 0.15) is 5.75 Å². The maximum absolute atomic E-state index is 12.2. The fraction of sp³-hybridized carbons (Fsp3) is 0. The molecule has 1 unspecified atom stereocenters. The molecule has 6 nitrogen and oxygen atoms in total. The number of nitrogens with one attached hydrogen (secondary N) is 1. The fourth-order valence-corrected chi connectivity index (χ4v) is 3.44. The molecule has 2 aromatic carbocycles. The van der Waals surface area contributed by atoms with Crippen molar-refractivity contribution in [1.82, 2.24) is 0 Å². The number of hydrogen-bond donors (Lipinski definition) is 3. The van der Waals surface area contributed by atoms with Crippen molar-refractivity contribution in [3.05, 3.63) is 71.6 Å². The fourth-order valence-electron chi connectivity index (χ4n) is 2.39. The van der Waals surface area contributed by atoms with Gasteiger partial charge in [-0.25, -0.2) is 4.57 Å². The highest BCUT2D eigenvalue weighted by molar-refractivity contribution is 7.32. The molecule has 27 heavy (non-hydrogen) atoms. The first-order chi connectivity index (χ1) is 13.0. The largest absolute Gasteiger partial charge is 0.426 e. The summed E-state index contributed by atoms with van der Waals surface area (Å²) in [5.74, 6) is -0.0797. The molecule has 1 aromatic heterocycles. The quantitative estimate of drug-likeness (QED) is 0.323. The summed E-state index contributed by atoms with van der Waals surface area (Å²) >= 11 is 1.61. The van der Waals surface area contributed by atoms with E-state index in [0.29, 0.717) is 16.9 Å². The summed E-state index contributed by atoms with van der Waals surface area (Å²) in [7, 11) is -3.07. The van der Waals surface area contributed by atoms with E-state index in [9.17, 15) is 9.36 Å². The average Bonchev–Trinajstić information content (AvgIpc) is 3.16. The van der Waals surface area contributed by atoms with Crippen LogP contribution in [-0.4, -0.2) is 10.8 Å². The molecule has 1 amide bonds. The van der Waals surface area contributed by atoms with E-state index >= 15 is 0 Å². The molecular weight excluding hydrogens is 383 g/mol. The van der Waals surface area contributed by atoms with Gasteiger partial charge in [-0.1, -0.05) is 24.3 Å². The first-order valence-corrected chi connectivity index (χ1v) is 10.1. The van der Waals surface area contributed by atoms with Gasteiger partial charge in [-0.05, 0) is 52.9 Å². The molecule has 0 spiro atoms. The zero-order chi connectivity index (χ0) is 19.2. The minimum absolute atomic E-state index is 0.261. The van der Waals surface area contributed by atoms with Crippen LogP contribution in [-0.2, 0) is 9.36 Å². The Morgan fingerprint density at radius 1 is 1.19 bits per heavy atom. The zero-order valence-corrected chi connectivity index (χ0v) is 15.9. The second-order valence-corrected chi connectivity index (χ2v) is 7.23. The van der Waals surface area contributed by atoms with Crippen molar-refractivity contribution in [2.24, 2.45) is 0 Å². The number of thiophene rings is 1. The lowest BCUT2D eigenvalue weighted by Gasteiger charge is -2.08.